The number of halogens is 1. The summed E-state index contributed by atoms with van der Waals surface area (Å²) in [7, 11) is 0. The number of aromatic amines is 2. The first-order chi connectivity index (χ1) is 17.2. The highest BCUT2D eigenvalue weighted by Crippen LogP contribution is 2.30. The van der Waals surface area contributed by atoms with E-state index in [0.717, 1.165) is 11.4 Å². The van der Waals surface area contributed by atoms with Crippen LogP contribution in [0.4, 0.5) is 0 Å². The van der Waals surface area contributed by atoms with Crippen LogP contribution in [0.15, 0.2) is 42.6 Å². The molecule has 1 aromatic carbocycles. The van der Waals surface area contributed by atoms with E-state index in [1.807, 2.05) is 39.0 Å². The Morgan fingerprint density at radius 3 is 2.53 bits per heavy atom. The molecule has 1 saturated heterocycles. The number of carbonyl (C=O) groups is 3. The molecular weight excluding hydrogens is 480 g/mol. The molecule has 2 amide bonds. The quantitative estimate of drug-likeness (QED) is 0.246. The molecule has 9 nitrogen and oxygen atoms in total. The molecule has 0 unspecified atom stereocenters. The predicted molar refractivity (Wildman–Crippen MR) is 138 cm³/mol. The first-order valence-electron chi connectivity index (χ1n) is 11.7. The van der Waals surface area contributed by atoms with Crippen molar-refractivity contribution in [2.45, 2.75) is 26.8 Å². The van der Waals surface area contributed by atoms with E-state index in [1.54, 1.807) is 23.1 Å². The molecule has 1 aliphatic rings. The summed E-state index contributed by atoms with van der Waals surface area (Å²) < 4.78 is 0. The van der Waals surface area contributed by atoms with Gasteiger partial charge in [-0.15, -0.1) is 0 Å². The lowest BCUT2D eigenvalue weighted by atomic mass is 10.1. The lowest BCUT2D eigenvalue weighted by molar-refractivity contribution is -0.130. The molecule has 1 aliphatic heterocycles. The largest absolute Gasteiger partial charge is 0.358 e. The predicted octanol–water partition coefficient (Wildman–Crippen LogP) is 4.03. The van der Waals surface area contributed by atoms with Crippen LogP contribution in [0.1, 0.15) is 40.5 Å². The Morgan fingerprint density at radius 2 is 1.86 bits per heavy atom. The van der Waals surface area contributed by atoms with Gasteiger partial charge in [0.1, 0.15) is 16.5 Å². The summed E-state index contributed by atoms with van der Waals surface area (Å²) >= 11 is 6.29. The SMILES string of the molecule is Cc1nc(-c2cc(Cl)nc3c(C(=O)C(=O)N4CCN(C(=O)c5ccccc5)C[C@H]4C)c[nH]c23)[nH]c1C.[HH]. The average molecular weight is 507 g/mol. The number of hydrogen-bond donors (Lipinski definition) is 2. The van der Waals surface area contributed by atoms with Gasteiger partial charge in [-0.3, -0.25) is 14.4 Å². The van der Waals surface area contributed by atoms with Crippen LogP contribution >= 0.6 is 11.6 Å². The van der Waals surface area contributed by atoms with E-state index in [4.69, 9.17) is 11.6 Å². The number of piperazine rings is 1. The molecule has 0 radical (unpaired) electrons. The molecule has 36 heavy (non-hydrogen) atoms. The highest BCUT2D eigenvalue weighted by Gasteiger charge is 2.34. The van der Waals surface area contributed by atoms with Crippen LogP contribution < -0.4 is 0 Å². The lowest BCUT2D eigenvalue weighted by Crippen LogP contribution is -2.56. The number of hydrogen-bond acceptors (Lipinski definition) is 5. The maximum atomic E-state index is 13.3. The van der Waals surface area contributed by atoms with Crippen molar-refractivity contribution in [1.82, 2.24) is 29.7 Å². The third-order valence-corrected chi connectivity index (χ3v) is 6.82. The summed E-state index contributed by atoms with van der Waals surface area (Å²) in [4.78, 5) is 57.8. The summed E-state index contributed by atoms with van der Waals surface area (Å²) in [6.45, 7) is 6.59. The fourth-order valence-electron chi connectivity index (χ4n) is 4.56. The van der Waals surface area contributed by atoms with Gasteiger partial charge in [0.15, 0.2) is 0 Å². The van der Waals surface area contributed by atoms with Gasteiger partial charge in [-0.05, 0) is 39.0 Å². The Balaban J connectivity index is 0.00000320. The smallest absolute Gasteiger partial charge is 0.295 e. The third kappa shape index (κ3) is 4.15. The number of benzene rings is 1. The van der Waals surface area contributed by atoms with Gasteiger partial charge in [0.05, 0.1) is 16.8 Å². The van der Waals surface area contributed by atoms with Crippen LogP contribution in [0.2, 0.25) is 5.15 Å². The van der Waals surface area contributed by atoms with Gasteiger partial charge in [0.2, 0.25) is 0 Å². The van der Waals surface area contributed by atoms with Gasteiger partial charge in [0, 0.05) is 50.1 Å². The van der Waals surface area contributed by atoms with E-state index in [9.17, 15) is 14.4 Å². The molecular formula is C26H27ClN6O3. The minimum Gasteiger partial charge on any atom is -0.358 e. The third-order valence-electron chi connectivity index (χ3n) is 6.62. The molecule has 0 bridgehead atoms. The van der Waals surface area contributed by atoms with Gasteiger partial charge in [-0.1, -0.05) is 29.8 Å². The first-order valence-corrected chi connectivity index (χ1v) is 12.0. The van der Waals surface area contributed by atoms with Crippen LogP contribution in [-0.2, 0) is 4.79 Å². The van der Waals surface area contributed by atoms with E-state index < -0.39 is 11.7 Å². The van der Waals surface area contributed by atoms with Gasteiger partial charge >= 0.3 is 0 Å². The van der Waals surface area contributed by atoms with Crippen molar-refractivity contribution in [3.05, 3.63) is 70.3 Å². The van der Waals surface area contributed by atoms with Gasteiger partial charge in [-0.25, -0.2) is 9.97 Å². The van der Waals surface area contributed by atoms with Crippen LogP contribution in [0.25, 0.3) is 22.4 Å². The summed E-state index contributed by atoms with van der Waals surface area (Å²) in [6.07, 6.45) is 1.49. The maximum absolute atomic E-state index is 13.3. The zero-order valence-corrected chi connectivity index (χ0v) is 20.9. The molecule has 1 fully saturated rings. The number of aryl methyl sites for hydroxylation is 2. The lowest BCUT2D eigenvalue weighted by Gasteiger charge is -2.39. The van der Waals surface area contributed by atoms with Crippen LogP contribution in [-0.4, -0.2) is 73.0 Å². The second-order valence-electron chi connectivity index (χ2n) is 9.01. The molecule has 186 valence electrons. The number of pyridine rings is 1. The number of fused-ring (bicyclic) bond motifs is 1. The highest BCUT2D eigenvalue weighted by atomic mass is 35.5. The molecule has 2 N–H and O–H groups in total. The van der Waals surface area contributed by atoms with Crippen molar-refractivity contribution < 1.29 is 15.8 Å². The van der Waals surface area contributed by atoms with Crippen LogP contribution in [0.3, 0.4) is 0 Å². The van der Waals surface area contributed by atoms with E-state index in [2.05, 4.69) is 19.9 Å². The van der Waals surface area contributed by atoms with Crippen molar-refractivity contribution in [3.63, 3.8) is 0 Å². The zero-order chi connectivity index (χ0) is 25.6. The van der Waals surface area contributed by atoms with E-state index >= 15 is 0 Å². The Kier molecular flexibility index (Phi) is 6.09. The molecule has 4 heterocycles. The molecule has 10 heteroatoms. The van der Waals surface area contributed by atoms with Crippen molar-refractivity contribution >= 4 is 40.2 Å². The summed E-state index contributed by atoms with van der Waals surface area (Å²) in [5.41, 5.74) is 4.05. The second-order valence-corrected chi connectivity index (χ2v) is 9.40. The minimum absolute atomic E-state index is 0. The van der Waals surface area contributed by atoms with E-state index in [0.29, 0.717) is 41.1 Å². The number of imidazole rings is 1. The van der Waals surface area contributed by atoms with Crippen molar-refractivity contribution in [3.8, 4) is 11.4 Å². The molecule has 0 aliphatic carbocycles. The highest BCUT2D eigenvalue weighted by molar-refractivity contribution is 6.45. The van der Waals surface area contributed by atoms with Crippen LogP contribution in [0, 0.1) is 13.8 Å². The monoisotopic (exact) mass is 506 g/mol. The Bertz CT molecular complexity index is 1480. The topological polar surface area (TPSA) is 115 Å². The number of ketones is 1. The minimum atomic E-state index is -0.677. The molecule has 5 rings (SSSR count). The van der Waals surface area contributed by atoms with Crippen LogP contribution in [0.5, 0.6) is 0 Å². The number of rotatable bonds is 4. The normalized spacial score (nSPS) is 15.9. The fourth-order valence-corrected chi connectivity index (χ4v) is 4.75. The van der Waals surface area contributed by atoms with Crippen molar-refractivity contribution in [1.29, 1.82) is 0 Å². The number of nitrogens with zero attached hydrogens (tertiary/aromatic N) is 4. The Morgan fingerprint density at radius 1 is 1.11 bits per heavy atom. The van der Waals surface area contributed by atoms with E-state index in [1.165, 1.54) is 11.1 Å². The zero-order valence-electron chi connectivity index (χ0n) is 20.1. The second kappa shape index (κ2) is 9.23. The maximum Gasteiger partial charge on any atom is 0.295 e. The molecule has 3 aromatic heterocycles. The summed E-state index contributed by atoms with van der Waals surface area (Å²) in [5.74, 6) is -0.807. The number of H-pyrrole nitrogens is 2. The molecule has 1 atom stereocenters. The number of carbonyl (C=O) groups excluding carboxylic acids is 3. The molecule has 0 saturated carbocycles. The standard InChI is InChI=1S/C26H25ClN6O3.H2/c1-14-13-32(25(35)17-7-5-4-6-8-17)9-10-33(14)26(36)23(34)19-12-28-21-18(11-20(27)31-22(19)21)24-29-15(2)16(3)30-24;/h4-8,11-12,14,28H,9-10,13H2,1-3H3,(H,29,30);1H/t14-;/m1./s1. The van der Waals surface area contributed by atoms with Crippen molar-refractivity contribution in [2.24, 2.45) is 0 Å². The first kappa shape index (κ1) is 23.7. The number of amides is 2. The number of Topliss-reactive ketones (excluding diaryl/α,β-unsaturated/α-hetero) is 1. The van der Waals surface area contributed by atoms with E-state index in [-0.39, 0.29) is 30.6 Å². The van der Waals surface area contributed by atoms with Gasteiger partial charge in [-0.2, -0.15) is 0 Å². The number of nitrogens with one attached hydrogen (secondary N) is 2. The fraction of sp³-hybridized carbons (Fsp3) is 0.269. The summed E-state index contributed by atoms with van der Waals surface area (Å²) in [5, 5.41) is 0.187. The Labute approximate surface area is 214 Å². The van der Waals surface area contributed by atoms with Crippen molar-refractivity contribution in [2.75, 3.05) is 19.6 Å². The number of aromatic nitrogens is 4. The van der Waals surface area contributed by atoms with Gasteiger partial charge in [0.25, 0.3) is 17.6 Å². The molecule has 0 spiro atoms. The molecule has 4 aromatic rings. The summed E-state index contributed by atoms with van der Waals surface area (Å²) in [6, 6.07) is 10.4. The van der Waals surface area contributed by atoms with Gasteiger partial charge < -0.3 is 19.8 Å². The Hall–Kier alpha value is -3.98. The average Bonchev–Trinajstić information content (AvgIpc) is 3.45.